The minimum atomic E-state index is -0.0322. The molecule has 2 aromatic rings. The molecule has 5 nitrogen and oxygen atoms in total. The van der Waals surface area contributed by atoms with Crippen molar-refractivity contribution in [1.29, 1.82) is 0 Å². The third-order valence-corrected chi connectivity index (χ3v) is 4.11. The van der Waals surface area contributed by atoms with Crippen LogP contribution in [-0.4, -0.2) is 30.7 Å². The first-order chi connectivity index (χ1) is 10.5. The summed E-state index contributed by atoms with van der Waals surface area (Å²) in [6.07, 6.45) is 0. The van der Waals surface area contributed by atoms with E-state index in [1.54, 1.807) is 0 Å². The number of aromatic nitrogens is 1. The molecule has 1 aromatic carbocycles. The van der Waals surface area contributed by atoms with Crippen LogP contribution in [-0.2, 0) is 11.3 Å². The lowest BCUT2D eigenvalue weighted by Gasteiger charge is -2.12. The summed E-state index contributed by atoms with van der Waals surface area (Å²) in [5, 5.41) is 3.44. The smallest absolute Gasteiger partial charge is 0.256 e. The molecule has 0 atom stereocenters. The highest BCUT2D eigenvalue weighted by molar-refractivity contribution is 7.99. The highest BCUT2D eigenvalue weighted by Gasteiger charge is 2.09. The Kier molecular flexibility index (Phi) is 5.49. The van der Waals surface area contributed by atoms with Gasteiger partial charge < -0.3 is 14.6 Å². The Balaban J connectivity index is 1.77. The second-order valence-corrected chi connectivity index (χ2v) is 6.17. The average molecular weight is 319 g/mol. The number of nitrogens with zero attached hydrogens (tertiary/aromatic N) is 2. The Morgan fingerprint density at radius 1 is 1.27 bits per heavy atom. The van der Waals surface area contributed by atoms with E-state index in [9.17, 15) is 4.79 Å². The lowest BCUT2D eigenvalue weighted by Crippen LogP contribution is -2.24. The Morgan fingerprint density at radius 2 is 1.95 bits per heavy atom. The van der Waals surface area contributed by atoms with E-state index < -0.39 is 0 Å². The third kappa shape index (κ3) is 4.53. The van der Waals surface area contributed by atoms with Crippen LogP contribution < -0.4 is 10.2 Å². The average Bonchev–Trinajstić information content (AvgIpc) is 2.82. The highest BCUT2D eigenvalue weighted by Crippen LogP contribution is 2.19. The second kappa shape index (κ2) is 7.35. The summed E-state index contributed by atoms with van der Waals surface area (Å²) in [5.41, 5.74) is 3.08. The standard InChI is InChI=1S/C16H21N3O2S/c1-11-12(2)21-16(18-11)22-10-15(20)17-9-13-5-7-14(8-6-13)19(3)4/h5-8H,9-10H2,1-4H3,(H,17,20). The molecule has 0 aliphatic heterocycles. The summed E-state index contributed by atoms with van der Waals surface area (Å²) in [4.78, 5) is 18.1. The van der Waals surface area contributed by atoms with Crippen LogP contribution in [0.2, 0.25) is 0 Å². The quantitative estimate of drug-likeness (QED) is 0.830. The molecule has 1 heterocycles. The molecule has 1 amide bonds. The van der Waals surface area contributed by atoms with E-state index >= 15 is 0 Å². The summed E-state index contributed by atoms with van der Waals surface area (Å²) >= 11 is 1.31. The van der Waals surface area contributed by atoms with Crippen molar-refractivity contribution in [1.82, 2.24) is 10.3 Å². The maximum absolute atomic E-state index is 11.8. The van der Waals surface area contributed by atoms with Crippen molar-refractivity contribution in [3.05, 3.63) is 41.3 Å². The molecular weight excluding hydrogens is 298 g/mol. The van der Waals surface area contributed by atoms with E-state index in [4.69, 9.17) is 4.42 Å². The minimum Gasteiger partial charge on any atom is -0.437 e. The minimum absolute atomic E-state index is 0.0322. The van der Waals surface area contributed by atoms with E-state index in [0.717, 1.165) is 22.7 Å². The first-order valence-corrected chi connectivity index (χ1v) is 8.04. The molecule has 0 bridgehead atoms. The van der Waals surface area contributed by atoms with Gasteiger partial charge in [0.1, 0.15) is 5.76 Å². The zero-order chi connectivity index (χ0) is 16.1. The number of anilines is 1. The molecule has 1 N–H and O–H groups in total. The number of oxazole rings is 1. The summed E-state index contributed by atoms with van der Waals surface area (Å²) in [6, 6.07) is 8.11. The van der Waals surface area contributed by atoms with Crippen molar-refractivity contribution in [3.8, 4) is 0 Å². The Morgan fingerprint density at radius 3 is 2.50 bits per heavy atom. The predicted molar refractivity (Wildman–Crippen MR) is 89.3 cm³/mol. The third-order valence-electron chi connectivity index (χ3n) is 3.28. The van der Waals surface area contributed by atoms with Gasteiger partial charge in [0.05, 0.1) is 11.4 Å². The molecule has 1 aromatic heterocycles. The summed E-state index contributed by atoms with van der Waals surface area (Å²) in [5.74, 6) is 1.06. The Labute approximate surface area is 135 Å². The van der Waals surface area contributed by atoms with Gasteiger partial charge in [0.15, 0.2) is 0 Å². The van der Waals surface area contributed by atoms with Gasteiger partial charge in [-0.05, 0) is 31.5 Å². The number of hydrogen-bond donors (Lipinski definition) is 1. The molecule has 0 saturated heterocycles. The molecule has 2 rings (SSSR count). The number of carbonyl (C=O) groups is 1. The van der Waals surface area contributed by atoms with Crippen molar-refractivity contribution in [2.75, 3.05) is 24.7 Å². The number of nitrogens with one attached hydrogen (secondary N) is 1. The largest absolute Gasteiger partial charge is 0.437 e. The lowest BCUT2D eigenvalue weighted by atomic mass is 10.2. The van der Waals surface area contributed by atoms with Crippen molar-refractivity contribution in [2.45, 2.75) is 25.6 Å². The van der Waals surface area contributed by atoms with Crippen LogP contribution in [0.15, 0.2) is 33.9 Å². The fourth-order valence-corrected chi connectivity index (χ4v) is 2.54. The van der Waals surface area contributed by atoms with E-state index in [1.165, 1.54) is 11.8 Å². The van der Waals surface area contributed by atoms with Crippen LogP contribution in [0.5, 0.6) is 0 Å². The van der Waals surface area contributed by atoms with Crippen LogP contribution in [0, 0.1) is 13.8 Å². The van der Waals surface area contributed by atoms with Crippen LogP contribution in [0.1, 0.15) is 17.0 Å². The Bertz CT molecular complexity index is 616. The molecule has 0 saturated carbocycles. The number of hydrogen-bond acceptors (Lipinski definition) is 5. The van der Waals surface area contributed by atoms with E-state index in [-0.39, 0.29) is 5.91 Å². The first kappa shape index (κ1) is 16.4. The number of rotatable bonds is 6. The molecule has 6 heteroatoms. The Hall–Kier alpha value is -1.95. The van der Waals surface area contributed by atoms with Crippen LogP contribution in [0.25, 0.3) is 0 Å². The fraction of sp³-hybridized carbons (Fsp3) is 0.375. The molecule has 0 radical (unpaired) electrons. The predicted octanol–water partition coefficient (Wildman–Crippen LogP) is 2.77. The highest BCUT2D eigenvalue weighted by atomic mass is 32.2. The van der Waals surface area contributed by atoms with Gasteiger partial charge in [-0.3, -0.25) is 4.79 Å². The molecule has 0 spiro atoms. The number of benzene rings is 1. The molecule has 0 unspecified atom stereocenters. The van der Waals surface area contributed by atoms with Crippen molar-refractivity contribution >= 4 is 23.4 Å². The van der Waals surface area contributed by atoms with E-state index in [0.29, 0.717) is 17.5 Å². The van der Waals surface area contributed by atoms with E-state index in [1.807, 2.05) is 57.1 Å². The second-order valence-electron chi connectivity index (χ2n) is 5.25. The number of carbonyl (C=O) groups excluding carboxylic acids is 1. The first-order valence-electron chi connectivity index (χ1n) is 7.05. The van der Waals surface area contributed by atoms with Crippen molar-refractivity contribution in [2.24, 2.45) is 0 Å². The molecule has 0 aliphatic rings. The van der Waals surface area contributed by atoms with Crippen molar-refractivity contribution in [3.63, 3.8) is 0 Å². The maximum atomic E-state index is 11.8. The molecule has 22 heavy (non-hydrogen) atoms. The maximum Gasteiger partial charge on any atom is 0.256 e. The molecule has 118 valence electrons. The number of aryl methyl sites for hydroxylation is 2. The summed E-state index contributed by atoms with van der Waals surface area (Å²) in [6.45, 7) is 4.28. The SMILES string of the molecule is Cc1nc(SCC(=O)NCc2ccc(N(C)C)cc2)oc1C. The topological polar surface area (TPSA) is 58.4 Å². The van der Waals surface area contributed by atoms with Crippen molar-refractivity contribution < 1.29 is 9.21 Å². The van der Waals surface area contributed by atoms with Gasteiger partial charge >= 0.3 is 0 Å². The monoisotopic (exact) mass is 319 g/mol. The van der Waals surface area contributed by atoms with Gasteiger partial charge in [-0.1, -0.05) is 23.9 Å². The number of amides is 1. The summed E-state index contributed by atoms with van der Waals surface area (Å²) in [7, 11) is 4.00. The van der Waals surface area contributed by atoms with Crippen LogP contribution in [0.4, 0.5) is 5.69 Å². The molecule has 0 aliphatic carbocycles. The van der Waals surface area contributed by atoms with Gasteiger partial charge in [0.25, 0.3) is 5.22 Å². The fourth-order valence-electron chi connectivity index (χ4n) is 1.80. The summed E-state index contributed by atoms with van der Waals surface area (Å²) < 4.78 is 5.43. The number of thioether (sulfide) groups is 1. The van der Waals surface area contributed by atoms with E-state index in [2.05, 4.69) is 10.3 Å². The van der Waals surface area contributed by atoms with Gasteiger partial charge in [0.2, 0.25) is 5.91 Å². The zero-order valence-corrected chi connectivity index (χ0v) is 14.2. The van der Waals surface area contributed by atoms with Crippen LogP contribution >= 0.6 is 11.8 Å². The van der Waals surface area contributed by atoms with Gasteiger partial charge in [-0.25, -0.2) is 4.98 Å². The van der Waals surface area contributed by atoms with Gasteiger partial charge in [-0.15, -0.1) is 0 Å². The lowest BCUT2D eigenvalue weighted by molar-refractivity contribution is -0.118. The van der Waals surface area contributed by atoms with Gasteiger partial charge in [-0.2, -0.15) is 0 Å². The van der Waals surface area contributed by atoms with Gasteiger partial charge in [0, 0.05) is 26.3 Å². The molecule has 0 fully saturated rings. The van der Waals surface area contributed by atoms with Crippen LogP contribution in [0.3, 0.4) is 0 Å². The zero-order valence-electron chi connectivity index (χ0n) is 13.3. The normalized spacial score (nSPS) is 10.5. The molecular formula is C16H21N3O2S.